The van der Waals surface area contributed by atoms with Crippen LogP contribution in [0.15, 0.2) is 42.5 Å². The number of rotatable bonds is 5. The minimum Gasteiger partial charge on any atom is -0.478 e. The summed E-state index contributed by atoms with van der Waals surface area (Å²) in [5.41, 5.74) is 0.839. The lowest BCUT2D eigenvalue weighted by Crippen LogP contribution is -2.43. The van der Waals surface area contributed by atoms with Gasteiger partial charge in [-0.2, -0.15) is 0 Å². The van der Waals surface area contributed by atoms with Gasteiger partial charge in [0.25, 0.3) is 0 Å². The Balaban J connectivity index is 2.00. The summed E-state index contributed by atoms with van der Waals surface area (Å²) < 4.78 is 47.1. The zero-order valence-corrected chi connectivity index (χ0v) is 18.0. The van der Waals surface area contributed by atoms with Crippen molar-refractivity contribution in [2.45, 2.75) is 38.9 Å². The van der Waals surface area contributed by atoms with E-state index in [9.17, 15) is 9.18 Å². The van der Waals surface area contributed by atoms with Gasteiger partial charge in [0, 0.05) is 23.4 Å². The van der Waals surface area contributed by atoms with Crippen LogP contribution in [0.25, 0.3) is 17.0 Å². The molecule has 2 N–H and O–H groups in total. The molecule has 0 fully saturated rings. The fourth-order valence-corrected chi connectivity index (χ4v) is 4.38. The van der Waals surface area contributed by atoms with Crippen LogP contribution in [0.2, 0.25) is 0 Å². The second kappa shape index (κ2) is 7.97. The van der Waals surface area contributed by atoms with Crippen molar-refractivity contribution in [1.29, 1.82) is 0 Å². The smallest absolute Gasteiger partial charge is 0.328 e. The van der Waals surface area contributed by atoms with Crippen LogP contribution in [-0.2, 0) is 11.2 Å². The number of H-pyrrole nitrogens is 1. The van der Waals surface area contributed by atoms with Gasteiger partial charge < -0.3 is 10.1 Å². The summed E-state index contributed by atoms with van der Waals surface area (Å²) in [5, 5.41) is 9.76. The number of nitrogens with zero attached hydrogens (tertiary/aromatic N) is 1. The van der Waals surface area contributed by atoms with Crippen LogP contribution in [0.3, 0.4) is 0 Å². The van der Waals surface area contributed by atoms with E-state index in [2.05, 4.69) is 4.98 Å². The molecule has 0 aliphatic carbocycles. The lowest BCUT2D eigenvalue weighted by Gasteiger charge is -2.25. The van der Waals surface area contributed by atoms with Crippen molar-refractivity contribution in [2.75, 3.05) is 6.54 Å². The van der Waals surface area contributed by atoms with Crippen molar-refractivity contribution in [3.63, 3.8) is 0 Å². The van der Waals surface area contributed by atoms with E-state index in [4.69, 9.17) is 5.11 Å². The normalized spacial score (nSPS) is 16.8. The highest BCUT2D eigenvalue weighted by Gasteiger charge is 2.40. The molecular weight excluding hydrogens is 417 g/mol. The van der Waals surface area contributed by atoms with Gasteiger partial charge in [-0.3, -0.25) is 0 Å². The number of carboxylic acid groups (broad SMARTS) is 1. The van der Waals surface area contributed by atoms with Crippen LogP contribution >= 0.6 is 0 Å². The predicted molar refractivity (Wildman–Crippen MR) is 118 cm³/mol. The van der Waals surface area contributed by atoms with Gasteiger partial charge in [-0.15, -0.1) is 0 Å². The summed E-state index contributed by atoms with van der Waals surface area (Å²) in [5.74, 6) is -2.90. The Morgan fingerprint density at radius 1 is 1.25 bits per heavy atom. The number of fused-ring (bicyclic) bond motifs is 3. The van der Waals surface area contributed by atoms with Gasteiger partial charge in [0.1, 0.15) is 22.9 Å². The largest absolute Gasteiger partial charge is 0.478 e. The van der Waals surface area contributed by atoms with Crippen LogP contribution < -0.4 is 0 Å². The van der Waals surface area contributed by atoms with Gasteiger partial charge in [-0.05, 0) is 56.2 Å². The number of carboxylic acids is 1. The molecule has 0 bridgehead atoms. The first-order valence-electron chi connectivity index (χ1n) is 10.4. The number of benzene rings is 2. The molecule has 1 aliphatic heterocycles. The third-order valence-corrected chi connectivity index (χ3v) is 5.64. The summed E-state index contributed by atoms with van der Waals surface area (Å²) in [4.78, 5) is 14.1. The molecule has 3 aromatic rings. The van der Waals surface area contributed by atoms with E-state index < -0.39 is 23.3 Å². The van der Waals surface area contributed by atoms with E-state index >= 15 is 8.78 Å². The molecule has 1 aromatic heterocycles. The maximum absolute atomic E-state index is 15.3. The van der Waals surface area contributed by atoms with Crippen molar-refractivity contribution in [3.8, 4) is 0 Å². The number of hydrogen-bond donors (Lipinski definition) is 2. The van der Waals surface area contributed by atoms with Gasteiger partial charge in [-0.25, -0.2) is 22.5 Å². The van der Waals surface area contributed by atoms with E-state index in [0.717, 1.165) is 40.8 Å². The molecule has 32 heavy (non-hydrogen) atoms. The minimum absolute atomic E-state index is 0.0438. The maximum atomic E-state index is 15.3. The lowest BCUT2D eigenvalue weighted by atomic mass is 9.91. The van der Waals surface area contributed by atoms with Crippen molar-refractivity contribution in [3.05, 3.63) is 76.5 Å². The van der Waals surface area contributed by atoms with Crippen molar-refractivity contribution in [1.82, 2.24) is 4.98 Å². The number of para-hydroxylation sites is 1. The number of carbonyl (C=O) groups is 1. The number of alkyl halides is 1. The zero-order valence-electron chi connectivity index (χ0n) is 18.0. The van der Waals surface area contributed by atoms with Crippen LogP contribution in [0.4, 0.5) is 13.2 Å². The van der Waals surface area contributed by atoms with Crippen LogP contribution in [0, 0.1) is 11.6 Å². The SMILES string of the molecule is CC1Cc2c([nH]c3ccccc23)C(c2c(F)cc(C=CC(=O)O)cc2F)=[N+]1CC(C)(C)F. The van der Waals surface area contributed by atoms with Crippen LogP contribution in [0.5, 0.6) is 0 Å². The predicted octanol–water partition coefficient (Wildman–Crippen LogP) is 5.09. The highest BCUT2D eigenvalue weighted by molar-refractivity contribution is 6.13. The first kappa shape index (κ1) is 21.9. The standard InChI is InChI=1S/C25H23F3N2O2/c1-14-10-17-16-6-4-5-7-20(16)29-23(17)24(30(14)13-25(2,3)28)22-18(26)11-15(12-19(22)27)8-9-21(31)32/h4-9,11-12,14H,10,13H2,1-3H3,(H,31,32)/p+1. The number of aliphatic carboxylic acids is 1. The lowest BCUT2D eigenvalue weighted by molar-refractivity contribution is -0.574. The van der Waals surface area contributed by atoms with Crippen LogP contribution in [-0.4, -0.2) is 44.6 Å². The molecule has 1 atom stereocenters. The molecule has 0 spiro atoms. The third kappa shape index (κ3) is 4.07. The molecule has 0 radical (unpaired) electrons. The Labute approximate surface area is 183 Å². The molecule has 0 amide bonds. The van der Waals surface area contributed by atoms with Crippen LogP contribution in [0.1, 0.15) is 43.2 Å². The molecule has 0 saturated heterocycles. The average molecular weight is 441 g/mol. The van der Waals surface area contributed by atoms with Gasteiger partial charge in [0.2, 0.25) is 5.71 Å². The van der Waals surface area contributed by atoms with Crippen molar-refractivity contribution < 1.29 is 27.6 Å². The van der Waals surface area contributed by atoms with E-state index in [0.29, 0.717) is 12.1 Å². The molecule has 2 heterocycles. The quantitative estimate of drug-likeness (QED) is 0.428. The number of aromatic amines is 1. The molecule has 1 unspecified atom stereocenters. The average Bonchev–Trinajstić information content (AvgIpc) is 3.05. The highest BCUT2D eigenvalue weighted by atomic mass is 19.1. The van der Waals surface area contributed by atoms with Gasteiger partial charge >= 0.3 is 5.97 Å². The molecule has 4 nitrogen and oxygen atoms in total. The monoisotopic (exact) mass is 441 g/mol. The highest BCUT2D eigenvalue weighted by Crippen LogP contribution is 2.32. The summed E-state index contributed by atoms with van der Waals surface area (Å²) in [6.07, 6.45) is 2.54. The fourth-order valence-electron chi connectivity index (χ4n) is 4.38. The Morgan fingerprint density at radius 2 is 1.91 bits per heavy atom. The molecule has 166 valence electrons. The first-order chi connectivity index (χ1) is 15.0. The Kier molecular flexibility index (Phi) is 5.44. The number of nitrogens with one attached hydrogen (secondary N) is 1. The fraction of sp³-hybridized carbons (Fsp3) is 0.280. The van der Waals surface area contributed by atoms with E-state index in [-0.39, 0.29) is 29.4 Å². The molecule has 7 heteroatoms. The Hall–Kier alpha value is -3.35. The third-order valence-electron chi connectivity index (χ3n) is 5.64. The molecule has 2 aromatic carbocycles. The Morgan fingerprint density at radius 3 is 2.53 bits per heavy atom. The molecule has 1 aliphatic rings. The molecule has 4 rings (SSSR count). The van der Waals surface area contributed by atoms with Gasteiger partial charge in [0.15, 0.2) is 18.3 Å². The van der Waals surface area contributed by atoms with Crippen molar-refractivity contribution >= 4 is 28.7 Å². The summed E-state index contributed by atoms with van der Waals surface area (Å²) in [7, 11) is 0. The van der Waals surface area contributed by atoms with Gasteiger partial charge in [-0.1, -0.05) is 18.2 Å². The van der Waals surface area contributed by atoms with E-state index in [1.54, 1.807) is 4.58 Å². The minimum atomic E-state index is -1.60. The number of hydrogen-bond acceptors (Lipinski definition) is 1. The zero-order chi connectivity index (χ0) is 23.2. The summed E-state index contributed by atoms with van der Waals surface area (Å²) in [6, 6.07) is 9.61. The van der Waals surface area contributed by atoms with E-state index in [1.807, 2.05) is 31.2 Å². The number of aromatic nitrogens is 1. The summed E-state index contributed by atoms with van der Waals surface area (Å²) in [6.45, 7) is 4.74. The second-order valence-corrected chi connectivity index (χ2v) is 8.80. The Bertz CT molecular complexity index is 1260. The van der Waals surface area contributed by atoms with Crippen molar-refractivity contribution in [2.24, 2.45) is 0 Å². The molecule has 0 saturated carbocycles. The van der Waals surface area contributed by atoms with E-state index in [1.165, 1.54) is 13.8 Å². The maximum Gasteiger partial charge on any atom is 0.328 e. The van der Waals surface area contributed by atoms with Gasteiger partial charge in [0.05, 0.1) is 0 Å². The molecular formula is C25H24F3N2O2+. The first-order valence-corrected chi connectivity index (χ1v) is 10.4. The number of halogens is 3. The second-order valence-electron chi connectivity index (χ2n) is 8.80. The summed E-state index contributed by atoms with van der Waals surface area (Å²) >= 11 is 0. The topological polar surface area (TPSA) is 56.1 Å².